The van der Waals surface area contributed by atoms with Gasteiger partial charge in [0.25, 0.3) is 5.95 Å². The average molecular weight is 346 g/mol. The molecule has 2 aromatic carbocycles. The van der Waals surface area contributed by atoms with Crippen LogP contribution in [0.5, 0.6) is 5.75 Å². The number of hydrazone groups is 1. The van der Waals surface area contributed by atoms with Crippen LogP contribution in [-0.2, 0) is 6.54 Å². The van der Waals surface area contributed by atoms with Crippen molar-refractivity contribution in [1.29, 1.82) is 0 Å². The van der Waals surface area contributed by atoms with E-state index in [2.05, 4.69) is 43.3 Å². The number of nitrogens with one attached hydrogen (secondary N) is 1. The summed E-state index contributed by atoms with van der Waals surface area (Å²) in [5.74, 6) is 1.17. The molecule has 0 radical (unpaired) electrons. The zero-order chi connectivity index (χ0) is 17.9. The summed E-state index contributed by atoms with van der Waals surface area (Å²) in [6.45, 7) is 2.89. The van der Waals surface area contributed by atoms with Crippen LogP contribution in [0.15, 0.2) is 53.6 Å². The van der Waals surface area contributed by atoms with Crippen LogP contribution >= 0.6 is 0 Å². The highest BCUT2D eigenvalue weighted by molar-refractivity contribution is 6.04. The Kier molecular flexibility index (Phi) is 4.18. The SMILES string of the molecule is CCn1c2ccccc2c2nnc(NN=Cc3ccc(OC)cc3)nc21. The number of anilines is 1. The molecule has 0 atom stereocenters. The first-order chi connectivity index (χ1) is 12.8. The minimum Gasteiger partial charge on any atom is -0.497 e. The van der Waals surface area contributed by atoms with Gasteiger partial charge in [-0.2, -0.15) is 10.1 Å². The molecule has 0 unspecified atom stereocenters. The molecule has 1 N–H and O–H groups in total. The zero-order valence-corrected chi connectivity index (χ0v) is 14.5. The van der Waals surface area contributed by atoms with Crippen LogP contribution in [0.1, 0.15) is 12.5 Å². The zero-order valence-electron chi connectivity index (χ0n) is 14.5. The van der Waals surface area contributed by atoms with E-state index in [-0.39, 0.29) is 0 Å². The number of rotatable bonds is 5. The second-order valence-electron chi connectivity index (χ2n) is 5.71. The smallest absolute Gasteiger partial charge is 0.265 e. The fraction of sp³-hybridized carbons (Fsp3) is 0.158. The summed E-state index contributed by atoms with van der Waals surface area (Å²) in [5, 5.41) is 13.7. The monoisotopic (exact) mass is 346 g/mol. The van der Waals surface area contributed by atoms with Crippen molar-refractivity contribution in [1.82, 2.24) is 19.7 Å². The number of methoxy groups -OCH3 is 1. The van der Waals surface area contributed by atoms with Gasteiger partial charge < -0.3 is 9.30 Å². The van der Waals surface area contributed by atoms with Gasteiger partial charge in [-0.25, -0.2) is 5.43 Å². The van der Waals surface area contributed by atoms with E-state index in [1.807, 2.05) is 42.5 Å². The van der Waals surface area contributed by atoms with Crippen LogP contribution < -0.4 is 10.2 Å². The van der Waals surface area contributed by atoms with Crippen molar-refractivity contribution in [2.75, 3.05) is 12.5 Å². The number of aromatic nitrogens is 4. The van der Waals surface area contributed by atoms with Gasteiger partial charge in [-0.3, -0.25) is 0 Å². The Hall–Kier alpha value is -3.48. The fourth-order valence-electron chi connectivity index (χ4n) is 2.93. The van der Waals surface area contributed by atoms with Crippen molar-refractivity contribution in [2.45, 2.75) is 13.5 Å². The summed E-state index contributed by atoms with van der Waals surface area (Å²) in [7, 11) is 1.64. The van der Waals surface area contributed by atoms with Gasteiger partial charge in [-0.1, -0.05) is 18.2 Å². The van der Waals surface area contributed by atoms with Gasteiger partial charge >= 0.3 is 0 Å². The molecule has 0 bridgehead atoms. The molecule has 2 heterocycles. The summed E-state index contributed by atoms with van der Waals surface area (Å²) < 4.78 is 7.26. The molecule has 0 aliphatic rings. The molecule has 130 valence electrons. The number of hydrogen-bond acceptors (Lipinski definition) is 6. The lowest BCUT2D eigenvalue weighted by Crippen LogP contribution is -2.02. The molecular formula is C19H18N6O. The lowest BCUT2D eigenvalue weighted by Gasteiger charge is -2.02. The summed E-state index contributed by atoms with van der Waals surface area (Å²) in [5.41, 5.74) is 6.49. The van der Waals surface area contributed by atoms with Crippen LogP contribution in [-0.4, -0.2) is 33.1 Å². The number of ether oxygens (including phenoxy) is 1. The first-order valence-electron chi connectivity index (χ1n) is 8.35. The summed E-state index contributed by atoms with van der Waals surface area (Å²) in [6.07, 6.45) is 1.70. The summed E-state index contributed by atoms with van der Waals surface area (Å²) in [4.78, 5) is 4.59. The van der Waals surface area contributed by atoms with E-state index in [9.17, 15) is 0 Å². The third-order valence-electron chi connectivity index (χ3n) is 4.18. The Morgan fingerprint density at radius 1 is 1.12 bits per heavy atom. The van der Waals surface area contributed by atoms with Crippen molar-refractivity contribution < 1.29 is 4.74 Å². The van der Waals surface area contributed by atoms with Gasteiger partial charge in [0.2, 0.25) is 0 Å². The molecule has 0 aliphatic heterocycles. The molecule has 7 nitrogen and oxygen atoms in total. The lowest BCUT2D eigenvalue weighted by molar-refractivity contribution is 0.415. The van der Waals surface area contributed by atoms with E-state index in [0.29, 0.717) is 5.95 Å². The topological polar surface area (TPSA) is 77.2 Å². The van der Waals surface area contributed by atoms with Crippen LogP contribution in [0.2, 0.25) is 0 Å². The Morgan fingerprint density at radius 3 is 2.69 bits per heavy atom. The highest BCUT2D eigenvalue weighted by Crippen LogP contribution is 2.26. The summed E-state index contributed by atoms with van der Waals surface area (Å²) >= 11 is 0. The molecule has 0 spiro atoms. The van der Waals surface area contributed by atoms with E-state index >= 15 is 0 Å². The highest BCUT2D eigenvalue weighted by Gasteiger charge is 2.13. The van der Waals surface area contributed by atoms with Crippen molar-refractivity contribution >= 4 is 34.2 Å². The largest absolute Gasteiger partial charge is 0.497 e. The Morgan fingerprint density at radius 2 is 1.92 bits per heavy atom. The van der Waals surface area contributed by atoms with E-state index in [1.165, 1.54) is 0 Å². The molecule has 7 heteroatoms. The average Bonchev–Trinajstić information content (AvgIpc) is 3.01. The maximum atomic E-state index is 5.14. The fourth-order valence-corrected chi connectivity index (χ4v) is 2.93. The number of benzene rings is 2. The molecule has 0 fully saturated rings. The van der Waals surface area contributed by atoms with Crippen molar-refractivity contribution in [2.24, 2.45) is 5.10 Å². The van der Waals surface area contributed by atoms with Gasteiger partial charge in [0, 0.05) is 11.9 Å². The van der Waals surface area contributed by atoms with Gasteiger partial charge in [-0.05, 0) is 42.8 Å². The third kappa shape index (κ3) is 2.83. The van der Waals surface area contributed by atoms with Crippen LogP contribution in [0.4, 0.5) is 5.95 Å². The second kappa shape index (κ2) is 6.79. The summed E-state index contributed by atoms with van der Waals surface area (Å²) in [6, 6.07) is 15.7. The van der Waals surface area contributed by atoms with Crippen molar-refractivity contribution in [3.8, 4) is 5.75 Å². The van der Waals surface area contributed by atoms with E-state index in [1.54, 1.807) is 13.3 Å². The maximum absolute atomic E-state index is 5.14. The van der Waals surface area contributed by atoms with Crippen molar-refractivity contribution in [3.05, 3.63) is 54.1 Å². The van der Waals surface area contributed by atoms with Gasteiger partial charge in [-0.15, -0.1) is 10.2 Å². The number of nitrogens with zero attached hydrogens (tertiary/aromatic N) is 5. The van der Waals surface area contributed by atoms with E-state index in [0.717, 1.165) is 39.9 Å². The number of hydrogen-bond donors (Lipinski definition) is 1. The van der Waals surface area contributed by atoms with Crippen LogP contribution in [0.3, 0.4) is 0 Å². The lowest BCUT2D eigenvalue weighted by atomic mass is 10.2. The number of fused-ring (bicyclic) bond motifs is 3. The minimum absolute atomic E-state index is 0.361. The Labute approximate surface area is 150 Å². The van der Waals surface area contributed by atoms with Crippen molar-refractivity contribution in [3.63, 3.8) is 0 Å². The quantitative estimate of drug-likeness (QED) is 0.442. The first-order valence-corrected chi connectivity index (χ1v) is 8.35. The predicted molar refractivity (Wildman–Crippen MR) is 103 cm³/mol. The van der Waals surface area contributed by atoms with E-state index in [4.69, 9.17) is 4.74 Å². The Bertz CT molecular complexity index is 1080. The highest BCUT2D eigenvalue weighted by atomic mass is 16.5. The number of aryl methyl sites for hydroxylation is 1. The van der Waals surface area contributed by atoms with Gasteiger partial charge in [0.15, 0.2) is 5.65 Å². The van der Waals surface area contributed by atoms with Gasteiger partial charge in [0.05, 0.1) is 18.8 Å². The molecule has 4 aromatic rings. The molecule has 0 saturated heterocycles. The molecule has 0 saturated carbocycles. The minimum atomic E-state index is 0.361. The standard InChI is InChI=1S/C19H18N6O/c1-3-25-16-7-5-4-6-15(16)17-18(25)21-19(24-22-17)23-20-12-13-8-10-14(26-2)11-9-13/h4-12H,3H2,1-2H3,(H,21,23,24). The molecular weight excluding hydrogens is 328 g/mol. The maximum Gasteiger partial charge on any atom is 0.265 e. The second-order valence-corrected chi connectivity index (χ2v) is 5.71. The Balaban J connectivity index is 1.62. The molecule has 0 aliphatic carbocycles. The molecule has 4 rings (SSSR count). The normalized spacial score (nSPS) is 11.5. The molecule has 2 aromatic heterocycles. The predicted octanol–water partition coefficient (Wildman–Crippen LogP) is 3.45. The third-order valence-corrected chi connectivity index (χ3v) is 4.18. The van der Waals surface area contributed by atoms with Crippen LogP contribution in [0, 0.1) is 0 Å². The van der Waals surface area contributed by atoms with Crippen LogP contribution in [0.25, 0.3) is 22.1 Å². The van der Waals surface area contributed by atoms with Gasteiger partial charge in [0.1, 0.15) is 11.3 Å². The molecule has 0 amide bonds. The number of para-hydroxylation sites is 1. The first kappa shape index (κ1) is 16.0. The van der Waals surface area contributed by atoms with E-state index < -0.39 is 0 Å². The molecule has 26 heavy (non-hydrogen) atoms.